The van der Waals surface area contributed by atoms with Crippen LogP contribution in [0.1, 0.15) is 11.1 Å². The molecule has 4 rings (SSSR count). The van der Waals surface area contributed by atoms with Crippen LogP contribution >= 0.6 is 31.9 Å². The number of nitrogens with zero attached hydrogens (tertiary/aromatic N) is 4. The van der Waals surface area contributed by atoms with E-state index in [4.69, 9.17) is 0 Å². The molecule has 130 valence electrons. The third kappa shape index (κ3) is 3.52. The average Bonchev–Trinajstić information content (AvgIpc) is 3.20. The van der Waals surface area contributed by atoms with Crippen molar-refractivity contribution in [3.05, 3.63) is 93.4 Å². The maximum absolute atomic E-state index is 4.61. The molecular formula is C20H16Br2N4. The van der Waals surface area contributed by atoms with Gasteiger partial charge in [0.05, 0.1) is 25.5 Å². The van der Waals surface area contributed by atoms with Gasteiger partial charge < -0.3 is 9.13 Å². The molecule has 4 aromatic rings. The standard InChI is InChI=1S/C20H16Br2N4/c21-17-11-23-19(25(17)13-15-7-3-1-4-8-15)20-24-12-18(22)26(20)14-16-9-5-2-6-10-16/h1-12H,13-14H2. The fourth-order valence-corrected chi connectivity index (χ4v) is 3.69. The largest absolute Gasteiger partial charge is 0.312 e. The van der Waals surface area contributed by atoms with Crippen LogP contribution in [0.5, 0.6) is 0 Å². The summed E-state index contributed by atoms with van der Waals surface area (Å²) in [5.41, 5.74) is 2.43. The first-order valence-corrected chi connectivity index (χ1v) is 9.81. The molecule has 0 aliphatic heterocycles. The molecule has 0 saturated carbocycles. The highest BCUT2D eigenvalue weighted by atomic mass is 79.9. The summed E-state index contributed by atoms with van der Waals surface area (Å²) in [6, 6.07) is 20.7. The van der Waals surface area contributed by atoms with E-state index < -0.39 is 0 Å². The van der Waals surface area contributed by atoms with Crippen molar-refractivity contribution in [2.24, 2.45) is 0 Å². The minimum Gasteiger partial charge on any atom is -0.312 e. The number of rotatable bonds is 5. The summed E-state index contributed by atoms with van der Waals surface area (Å²) in [5, 5.41) is 0. The van der Waals surface area contributed by atoms with Gasteiger partial charge in [-0.15, -0.1) is 0 Å². The number of hydrogen-bond donors (Lipinski definition) is 0. The van der Waals surface area contributed by atoms with Crippen LogP contribution in [0, 0.1) is 0 Å². The second-order valence-corrected chi connectivity index (χ2v) is 7.58. The van der Waals surface area contributed by atoms with Crippen molar-refractivity contribution in [3.63, 3.8) is 0 Å². The molecule has 0 aliphatic rings. The molecule has 26 heavy (non-hydrogen) atoms. The lowest BCUT2D eigenvalue weighted by molar-refractivity contribution is 0.744. The zero-order valence-corrected chi connectivity index (χ0v) is 17.1. The maximum atomic E-state index is 4.61. The summed E-state index contributed by atoms with van der Waals surface area (Å²) in [5.74, 6) is 1.67. The van der Waals surface area contributed by atoms with E-state index in [1.165, 1.54) is 11.1 Å². The number of aromatic nitrogens is 4. The highest BCUT2D eigenvalue weighted by Gasteiger charge is 2.18. The molecule has 0 atom stereocenters. The van der Waals surface area contributed by atoms with Crippen molar-refractivity contribution in [2.75, 3.05) is 0 Å². The predicted molar refractivity (Wildman–Crippen MR) is 110 cm³/mol. The van der Waals surface area contributed by atoms with E-state index >= 15 is 0 Å². The normalized spacial score (nSPS) is 11.0. The molecule has 0 aliphatic carbocycles. The van der Waals surface area contributed by atoms with Gasteiger partial charge in [-0.25, -0.2) is 9.97 Å². The monoisotopic (exact) mass is 470 g/mol. The summed E-state index contributed by atoms with van der Waals surface area (Å²) < 4.78 is 6.13. The molecule has 6 heteroatoms. The van der Waals surface area contributed by atoms with Gasteiger partial charge in [-0.05, 0) is 43.0 Å². The molecule has 0 saturated heterocycles. The summed E-state index contributed by atoms with van der Waals surface area (Å²) in [4.78, 5) is 9.22. The predicted octanol–water partition coefficient (Wildman–Crippen LogP) is 5.37. The molecule has 2 heterocycles. The van der Waals surface area contributed by atoms with Gasteiger partial charge in [-0.3, -0.25) is 0 Å². The van der Waals surface area contributed by atoms with E-state index in [0.717, 1.165) is 33.9 Å². The Morgan fingerprint density at radius 2 is 1.00 bits per heavy atom. The quantitative estimate of drug-likeness (QED) is 0.392. The van der Waals surface area contributed by atoms with E-state index in [9.17, 15) is 0 Å². The minimum absolute atomic E-state index is 0.729. The van der Waals surface area contributed by atoms with E-state index in [1.807, 2.05) is 48.8 Å². The Morgan fingerprint density at radius 3 is 1.38 bits per heavy atom. The molecule has 0 fully saturated rings. The lowest BCUT2D eigenvalue weighted by Crippen LogP contribution is -2.08. The smallest absolute Gasteiger partial charge is 0.177 e. The maximum Gasteiger partial charge on any atom is 0.177 e. The first-order chi connectivity index (χ1) is 12.7. The Morgan fingerprint density at radius 1 is 0.615 bits per heavy atom. The van der Waals surface area contributed by atoms with Gasteiger partial charge in [0.1, 0.15) is 9.21 Å². The van der Waals surface area contributed by atoms with E-state index in [2.05, 4.69) is 75.2 Å². The van der Waals surface area contributed by atoms with Crippen molar-refractivity contribution >= 4 is 31.9 Å². The van der Waals surface area contributed by atoms with Crippen molar-refractivity contribution in [3.8, 4) is 11.6 Å². The van der Waals surface area contributed by atoms with Crippen LogP contribution in [-0.4, -0.2) is 19.1 Å². The molecule has 0 amide bonds. The topological polar surface area (TPSA) is 35.6 Å². The zero-order valence-electron chi connectivity index (χ0n) is 13.9. The van der Waals surface area contributed by atoms with Crippen molar-refractivity contribution < 1.29 is 0 Å². The Hall–Kier alpha value is -2.18. The third-order valence-corrected chi connectivity index (χ3v) is 5.45. The van der Waals surface area contributed by atoms with E-state index in [0.29, 0.717) is 0 Å². The Kier molecular flexibility index (Phi) is 5.04. The lowest BCUT2D eigenvalue weighted by Gasteiger charge is -2.12. The van der Waals surface area contributed by atoms with Gasteiger partial charge in [0.25, 0.3) is 0 Å². The Balaban J connectivity index is 1.73. The Labute approximate surface area is 168 Å². The second kappa shape index (κ2) is 7.60. The van der Waals surface area contributed by atoms with Crippen LogP contribution in [0.4, 0.5) is 0 Å². The highest BCUT2D eigenvalue weighted by Crippen LogP contribution is 2.27. The molecule has 0 radical (unpaired) electrons. The van der Waals surface area contributed by atoms with Crippen LogP contribution in [0.25, 0.3) is 11.6 Å². The molecular weight excluding hydrogens is 456 g/mol. The van der Waals surface area contributed by atoms with Gasteiger partial charge in [0, 0.05) is 0 Å². The van der Waals surface area contributed by atoms with Crippen molar-refractivity contribution in [2.45, 2.75) is 13.1 Å². The summed E-state index contributed by atoms with van der Waals surface area (Å²) in [6.07, 6.45) is 3.65. The summed E-state index contributed by atoms with van der Waals surface area (Å²) in [7, 11) is 0. The van der Waals surface area contributed by atoms with Crippen LogP contribution in [0.2, 0.25) is 0 Å². The second-order valence-electron chi connectivity index (χ2n) is 5.95. The molecule has 0 unspecified atom stereocenters. The summed E-state index contributed by atoms with van der Waals surface area (Å²) >= 11 is 7.24. The van der Waals surface area contributed by atoms with Gasteiger partial charge in [-0.2, -0.15) is 0 Å². The number of benzene rings is 2. The van der Waals surface area contributed by atoms with Crippen LogP contribution < -0.4 is 0 Å². The number of hydrogen-bond acceptors (Lipinski definition) is 2. The number of halogens is 2. The molecule has 0 spiro atoms. The third-order valence-electron chi connectivity index (χ3n) is 4.18. The first kappa shape index (κ1) is 17.2. The van der Waals surface area contributed by atoms with E-state index in [1.54, 1.807) is 0 Å². The molecule has 0 bridgehead atoms. The Bertz CT molecular complexity index is 923. The highest BCUT2D eigenvalue weighted by molar-refractivity contribution is 9.10. The summed E-state index contributed by atoms with van der Waals surface area (Å²) in [6.45, 7) is 1.46. The molecule has 0 N–H and O–H groups in total. The fraction of sp³-hybridized carbons (Fsp3) is 0.100. The minimum atomic E-state index is 0.729. The van der Waals surface area contributed by atoms with Crippen molar-refractivity contribution in [1.29, 1.82) is 0 Å². The number of imidazole rings is 2. The average molecular weight is 472 g/mol. The van der Waals surface area contributed by atoms with Gasteiger partial charge in [-0.1, -0.05) is 60.7 Å². The van der Waals surface area contributed by atoms with Gasteiger partial charge in [0.2, 0.25) is 0 Å². The lowest BCUT2D eigenvalue weighted by atomic mass is 10.2. The van der Waals surface area contributed by atoms with Crippen molar-refractivity contribution in [1.82, 2.24) is 19.1 Å². The zero-order chi connectivity index (χ0) is 17.9. The molecule has 2 aromatic heterocycles. The van der Waals surface area contributed by atoms with Crippen LogP contribution in [-0.2, 0) is 13.1 Å². The molecule has 2 aromatic carbocycles. The van der Waals surface area contributed by atoms with Gasteiger partial charge in [0.15, 0.2) is 11.6 Å². The van der Waals surface area contributed by atoms with Crippen LogP contribution in [0.3, 0.4) is 0 Å². The molecule has 4 nitrogen and oxygen atoms in total. The fourth-order valence-electron chi connectivity index (χ4n) is 2.90. The van der Waals surface area contributed by atoms with Crippen LogP contribution in [0.15, 0.2) is 82.3 Å². The SMILES string of the molecule is Brc1cnc(-c2ncc(Br)n2Cc2ccccc2)n1Cc1ccccc1. The van der Waals surface area contributed by atoms with E-state index in [-0.39, 0.29) is 0 Å². The van der Waals surface area contributed by atoms with Gasteiger partial charge >= 0.3 is 0 Å². The first-order valence-electron chi connectivity index (χ1n) is 8.22.